The summed E-state index contributed by atoms with van der Waals surface area (Å²) in [5, 5.41) is 1.24. The third-order valence-electron chi connectivity index (χ3n) is 4.47. The second kappa shape index (κ2) is 3.36. The Hall–Kier alpha value is -1.28. The lowest BCUT2D eigenvalue weighted by Crippen LogP contribution is -2.05. The molecule has 17 heavy (non-hydrogen) atoms. The quantitative estimate of drug-likeness (QED) is 0.856. The molecule has 0 radical (unpaired) electrons. The van der Waals surface area contributed by atoms with E-state index in [4.69, 9.17) is 10.2 Å². The second-order valence-corrected chi connectivity index (χ2v) is 5.73. The van der Waals surface area contributed by atoms with Crippen LogP contribution in [0.2, 0.25) is 0 Å². The first-order valence-corrected chi connectivity index (χ1v) is 6.25. The van der Waals surface area contributed by atoms with Crippen LogP contribution in [0.15, 0.2) is 28.7 Å². The molecule has 2 aromatic rings. The van der Waals surface area contributed by atoms with Crippen LogP contribution in [0.5, 0.6) is 0 Å². The zero-order chi connectivity index (χ0) is 12.2. The third-order valence-corrected chi connectivity index (χ3v) is 4.47. The Morgan fingerprint density at radius 1 is 1.29 bits per heavy atom. The summed E-state index contributed by atoms with van der Waals surface area (Å²) >= 11 is 0. The summed E-state index contributed by atoms with van der Waals surface area (Å²) in [7, 11) is 0. The standard InChI is InChI=1S/C15H19NO/c1-9-10-6-4-5-7-12(10)17-14(9)13-11(8-16)15(13,2)3/h4-7,11,13H,8,16H2,1-3H3. The molecule has 0 bridgehead atoms. The second-order valence-electron chi connectivity index (χ2n) is 5.73. The van der Waals surface area contributed by atoms with Crippen molar-refractivity contribution in [3.05, 3.63) is 35.6 Å². The summed E-state index contributed by atoms with van der Waals surface area (Å²) in [5.74, 6) is 2.19. The minimum absolute atomic E-state index is 0.285. The molecule has 0 amide bonds. The van der Waals surface area contributed by atoms with Gasteiger partial charge in [-0.25, -0.2) is 0 Å². The van der Waals surface area contributed by atoms with Crippen LogP contribution in [0.1, 0.15) is 31.1 Å². The van der Waals surface area contributed by atoms with E-state index in [0.717, 1.165) is 17.9 Å². The largest absolute Gasteiger partial charge is 0.460 e. The van der Waals surface area contributed by atoms with Crippen molar-refractivity contribution in [1.82, 2.24) is 0 Å². The van der Waals surface area contributed by atoms with Crippen LogP contribution in [-0.2, 0) is 0 Å². The number of para-hydroxylation sites is 1. The first-order chi connectivity index (χ1) is 8.07. The Morgan fingerprint density at radius 2 is 2.00 bits per heavy atom. The summed E-state index contributed by atoms with van der Waals surface area (Å²) in [6.45, 7) is 7.46. The molecule has 1 aliphatic rings. The van der Waals surface area contributed by atoms with Crippen molar-refractivity contribution in [2.24, 2.45) is 17.1 Å². The lowest BCUT2D eigenvalue weighted by atomic mass is 10.0. The smallest absolute Gasteiger partial charge is 0.134 e. The van der Waals surface area contributed by atoms with Gasteiger partial charge in [-0.15, -0.1) is 0 Å². The van der Waals surface area contributed by atoms with E-state index in [2.05, 4.69) is 32.9 Å². The predicted octanol–water partition coefficient (Wildman–Crippen LogP) is 3.44. The van der Waals surface area contributed by atoms with Crippen molar-refractivity contribution >= 4 is 11.0 Å². The molecule has 2 N–H and O–H groups in total. The number of aryl methyl sites for hydroxylation is 1. The van der Waals surface area contributed by atoms with E-state index in [-0.39, 0.29) is 5.41 Å². The summed E-state index contributed by atoms with van der Waals surface area (Å²) in [6, 6.07) is 8.25. The van der Waals surface area contributed by atoms with Crippen molar-refractivity contribution in [3.8, 4) is 0 Å². The van der Waals surface area contributed by atoms with Crippen LogP contribution < -0.4 is 5.73 Å². The van der Waals surface area contributed by atoms with E-state index < -0.39 is 0 Å². The summed E-state index contributed by atoms with van der Waals surface area (Å²) in [6.07, 6.45) is 0. The van der Waals surface area contributed by atoms with Gasteiger partial charge in [0, 0.05) is 11.3 Å². The third kappa shape index (κ3) is 1.37. The predicted molar refractivity (Wildman–Crippen MR) is 70.0 cm³/mol. The van der Waals surface area contributed by atoms with E-state index in [0.29, 0.717) is 11.8 Å². The maximum absolute atomic E-state index is 6.03. The zero-order valence-electron chi connectivity index (χ0n) is 10.7. The van der Waals surface area contributed by atoms with Crippen LogP contribution in [0.25, 0.3) is 11.0 Å². The highest BCUT2D eigenvalue weighted by Crippen LogP contribution is 2.64. The molecule has 2 atom stereocenters. The molecular weight excluding hydrogens is 210 g/mol. The van der Waals surface area contributed by atoms with Gasteiger partial charge in [0.05, 0.1) is 0 Å². The van der Waals surface area contributed by atoms with Crippen molar-refractivity contribution in [2.45, 2.75) is 26.7 Å². The molecule has 1 fully saturated rings. The fourth-order valence-corrected chi connectivity index (χ4v) is 3.19. The molecule has 1 aromatic carbocycles. The number of hydrogen-bond acceptors (Lipinski definition) is 2. The molecule has 1 aromatic heterocycles. The molecule has 90 valence electrons. The highest BCUT2D eigenvalue weighted by Gasteiger charge is 2.59. The number of nitrogens with two attached hydrogens (primary N) is 1. The van der Waals surface area contributed by atoms with Gasteiger partial charge in [0.2, 0.25) is 0 Å². The molecular formula is C15H19NO. The lowest BCUT2D eigenvalue weighted by molar-refractivity contribution is 0.505. The number of furan rings is 1. The van der Waals surface area contributed by atoms with Gasteiger partial charge in [-0.3, -0.25) is 0 Å². The average molecular weight is 229 g/mol. The van der Waals surface area contributed by atoms with Gasteiger partial charge < -0.3 is 10.2 Å². The summed E-state index contributed by atoms with van der Waals surface area (Å²) in [5.41, 5.74) is 8.41. The van der Waals surface area contributed by atoms with Crippen LogP contribution in [0.4, 0.5) is 0 Å². The topological polar surface area (TPSA) is 39.2 Å². The first kappa shape index (κ1) is 10.8. The van der Waals surface area contributed by atoms with Gasteiger partial charge in [0.25, 0.3) is 0 Å². The monoisotopic (exact) mass is 229 g/mol. The molecule has 2 nitrogen and oxygen atoms in total. The highest BCUT2D eigenvalue weighted by molar-refractivity contribution is 5.82. The molecule has 2 unspecified atom stereocenters. The van der Waals surface area contributed by atoms with Gasteiger partial charge in [-0.2, -0.15) is 0 Å². The van der Waals surface area contributed by atoms with Crippen molar-refractivity contribution in [1.29, 1.82) is 0 Å². The molecule has 2 heteroatoms. The molecule has 0 spiro atoms. The zero-order valence-corrected chi connectivity index (χ0v) is 10.7. The molecule has 1 heterocycles. The Bertz CT molecular complexity index is 567. The minimum atomic E-state index is 0.285. The fourth-order valence-electron chi connectivity index (χ4n) is 3.19. The average Bonchev–Trinajstić information content (AvgIpc) is 2.70. The van der Waals surface area contributed by atoms with E-state index >= 15 is 0 Å². The molecule has 1 saturated carbocycles. The molecule has 1 aliphatic carbocycles. The van der Waals surface area contributed by atoms with Gasteiger partial charge in [0.1, 0.15) is 11.3 Å². The molecule has 0 aliphatic heterocycles. The van der Waals surface area contributed by atoms with Crippen molar-refractivity contribution < 1.29 is 4.42 Å². The van der Waals surface area contributed by atoms with Gasteiger partial charge in [-0.1, -0.05) is 32.0 Å². The fraction of sp³-hybridized carbons (Fsp3) is 0.467. The lowest BCUT2D eigenvalue weighted by Gasteiger charge is -2.00. The minimum Gasteiger partial charge on any atom is -0.460 e. The van der Waals surface area contributed by atoms with Crippen LogP contribution >= 0.6 is 0 Å². The number of hydrogen-bond donors (Lipinski definition) is 1. The normalized spacial score (nSPS) is 26.4. The summed E-state index contributed by atoms with van der Waals surface area (Å²) < 4.78 is 6.03. The van der Waals surface area contributed by atoms with Crippen LogP contribution in [0.3, 0.4) is 0 Å². The van der Waals surface area contributed by atoms with E-state index in [1.54, 1.807) is 0 Å². The maximum atomic E-state index is 6.03. The van der Waals surface area contributed by atoms with Crippen LogP contribution in [0, 0.1) is 18.3 Å². The number of benzene rings is 1. The van der Waals surface area contributed by atoms with E-state index in [1.165, 1.54) is 10.9 Å². The maximum Gasteiger partial charge on any atom is 0.134 e. The molecule has 3 rings (SSSR count). The van der Waals surface area contributed by atoms with Gasteiger partial charge in [0.15, 0.2) is 0 Å². The van der Waals surface area contributed by atoms with Crippen molar-refractivity contribution in [3.63, 3.8) is 0 Å². The summed E-state index contributed by atoms with van der Waals surface area (Å²) in [4.78, 5) is 0. The number of fused-ring (bicyclic) bond motifs is 1. The van der Waals surface area contributed by atoms with Crippen molar-refractivity contribution in [2.75, 3.05) is 6.54 Å². The molecule has 0 saturated heterocycles. The van der Waals surface area contributed by atoms with E-state index in [1.807, 2.05) is 12.1 Å². The van der Waals surface area contributed by atoms with Gasteiger partial charge >= 0.3 is 0 Å². The number of rotatable bonds is 2. The Labute approximate surface area is 102 Å². The Kier molecular flexibility index (Phi) is 2.14. The highest BCUT2D eigenvalue weighted by atomic mass is 16.3. The van der Waals surface area contributed by atoms with Crippen LogP contribution in [-0.4, -0.2) is 6.54 Å². The van der Waals surface area contributed by atoms with E-state index in [9.17, 15) is 0 Å². The van der Waals surface area contributed by atoms with Gasteiger partial charge in [-0.05, 0) is 36.4 Å². The SMILES string of the molecule is Cc1c(C2C(CN)C2(C)C)oc2ccccc12. The first-order valence-electron chi connectivity index (χ1n) is 6.25. The Morgan fingerprint density at radius 3 is 2.59 bits per heavy atom. The Balaban J connectivity index is 2.11.